The quantitative estimate of drug-likeness (QED) is 0.119. The van der Waals surface area contributed by atoms with Gasteiger partial charge in [0.25, 0.3) is 5.91 Å². The molecule has 0 spiro atoms. The van der Waals surface area contributed by atoms with Crippen LogP contribution >= 0.6 is 35.3 Å². The van der Waals surface area contributed by atoms with Crippen molar-refractivity contribution in [1.82, 2.24) is 25.4 Å². The second-order valence-electron chi connectivity index (χ2n) is 6.48. The van der Waals surface area contributed by atoms with Crippen molar-refractivity contribution in [3.8, 4) is 0 Å². The SMILES string of the molecule is O=C(CSC(F)(F)F)NC1C(=O)N2C(C(=O)[O-])=C(CSc3n[nH]c(CS(=O)(=O)[O-])n3)CS[C@@H]12.[Na+].[Na+]. The Labute approximate surface area is 253 Å². The zero-order chi connectivity index (χ0) is 24.6. The molecule has 0 bridgehead atoms. The zero-order valence-corrected chi connectivity index (χ0v) is 25.2. The number of aliphatic carboxylic acids is 1. The van der Waals surface area contributed by atoms with E-state index in [0.717, 1.165) is 28.4 Å². The molecule has 2 aliphatic heterocycles. The molecular weight excluding hydrogens is 581 g/mol. The Bertz CT molecular complexity index is 1120. The van der Waals surface area contributed by atoms with E-state index in [0.29, 0.717) is 0 Å². The largest absolute Gasteiger partial charge is 1.00 e. The van der Waals surface area contributed by atoms with E-state index in [-0.39, 0.29) is 87.2 Å². The number of aromatic amines is 1. The molecule has 1 aromatic rings. The van der Waals surface area contributed by atoms with Crippen LogP contribution in [0.5, 0.6) is 0 Å². The van der Waals surface area contributed by atoms with Gasteiger partial charge in [-0.3, -0.25) is 19.6 Å². The molecule has 12 nitrogen and oxygen atoms in total. The summed E-state index contributed by atoms with van der Waals surface area (Å²) in [5.74, 6) is -5.44. The summed E-state index contributed by atoms with van der Waals surface area (Å²) in [7, 11) is -4.58. The summed E-state index contributed by atoms with van der Waals surface area (Å²) in [6.45, 7) is 0. The van der Waals surface area contributed by atoms with Gasteiger partial charge in [-0.25, -0.2) is 13.4 Å². The molecule has 3 rings (SSSR count). The minimum Gasteiger partial charge on any atom is -0.748 e. The number of hydrogen-bond acceptors (Lipinski definition) is 12. The van der Waals surface area contributed by atoms with Crippen molar-refractivity contribution in [1.29, 1.82) is 0 Å². The normalized spacial score (nSPS) is 19.8. The number of H-pyrrole nitrogens is 1. The van der Waals surface area contributed by atoms with Gasteiger partial charge in [-0.2, -0.15) is 13.2 Å². The number of aromatic nitrogens is 3. The van der Waals surface area contributed by atoms with Crippen molar-refractivity contribution >= 4 is 63.2 Å². The van der Waals surface area contributed by atoms with Crippen LogP contribution in [-0.2, 0) is 30.3 Å². The van der Waals surface area contributed by atoms with Gasteiger partial charge in [0.05, 0.1) is 23.2 Å². The van der Waals surface area contributed by atoms with E-state index in [2.05, 4.69) is 20.5 Å². The Kier molecular flexibility index (Phi) is 12.5. The summed E-state index contributed by atoms with van der Waals surface area (Å²) in [5, 5.41) is 19.1. The van der Waals surface area contributed by atoms with Gasteiger partial charge in [-0.05, 0) is 17.3 Å². The van der Waals surface area contributed by atoms with Crippen LogP contribution in [0.1, 0.15) is 5.82 Å². The van der Waals surface area contributed by atoms with Gasteiger partial charge in [-0.1, -0.05) is 11.8 Å². The van der Waals surface area contributed by atoms with Crippen LogP contribution in [0.2, 0.25) is 0 Å². The number of thioether (sulfide) groups is 3. The van der Waals surface area contributed by atoms with E-state index in [1.807, 2.05) is 0 Å². The van der Waals surface area contributed by atoms with E-state index in [4.69, 9.17) is 0 Å². The van der Waals surface area contributed by atoms with Gasteiger partial charge >= 0.3 is 64.6 Å². The Morgan fingerprint density at radius 2 is 1.97 bits per heavy atom. The number of rotatable bonds is 9. The molecule has 2 N–H and O–H groups in total. The first-order valence-electron chi connectivity index (χ1n) is 8.61. The molecular formula is C14H12F3N5Na2O7S4. The number of carbonyl (C=O) groups is 3. The number of alkyl halides is 3. The van der Waals surface area contributed by atoms with E-state index >= 15 is 0 Å². The van der Waals surface area contributed by atoms with E-state index < -0.39 is 73.8 Å². The first kappa shape index (κ1) is 33.1. The first-order chi connectivity index (χ1) is 15.2. The fourth-order valence-electron chi connectivity index (χ4n) is 2.87. The van der Waals surface area contributed by atoms with Crippen LogP contribution in [-0.4, -0.2) is 85.0 Å². The van der Waals surface area contributed by atoms with E-state index in [1.165, 1.54) is 0 Å². The molecule has 35 heavy (non-hydrogen) atoms. The molecule has 2 amide bonds. The molecule has 0 aromatic carbocycles. The molecule has 1 saturated heterocycles. The van der Waals surface area contributed by atoms with Crippen LogP contribution in [0.15, 0.2) is 16.4 Å². The standard InChI is InChI=1S/C14H14F3N5O7S4.2Na/c15-14(16,17)32-3-7(23)19-8-10(24)22-9(12(25)26)5(1-30-11(8)22)2-31-13-18-6(20-21-13)4-33(27,28)29;;/h8,11H,1-4H2,(H,19,23)(H,25,26)(H,18,20,21)(H,27,28,29);;/q;2*+1/p-2/t8?,11-;;/m0../s1. The van der Waals surface area contributed by atoms with Gasteiger partial charge < -0.3 is 19.8 Å². The summed E-state index contributed by atoms with van der Waals surface area (Å²) in [4.78, 5) is 40.5. The Hall–Kier alpha value is 0.0400. The van der Waals surface area contributed by atoms with Gasteiger partial charge in [-0.15, -0.1) is 16.9 Å². The third-order valence-electron chi connectivity index (χ3n) is 4.12. The summed E-state index contributed by atoms with van der Waals surface area (Å²) >= 11 is 1.45. The average Bonchev–Trinajstić information content (AvgIpc) is 3.12. The van der Waals surface area contributed by atoms with Crippen molar-refractivity contribution < 1.29 is 105 Å². The van der Waals surface area contributed by atoms with Crippen molar-refractivity contribution in [2.24, 2.45) is 0 Å². The predicted molar refractivity (Wildman–Crippen MR) is 106 cm³/mol. The number of carboxylic acids is 1. The number of β-lactam (4-membered cyclic amide) rings is 1. The molecule has 0 aliphatic carbocycles. The minimum absolute atomic E-state index is 0. The molecule has 1 unspecified atom stereocenters. The molecule has 182 valence electrons. The van der Waals surface area contributed by atoms with Gasteiger partial charge in [0.15, 0.2) is 0 Å². The second kappa shape index (κ2) is 13.2. The maximum absolute atomic E-state index is 12.4. The van der Waals surface area contributed by atoms with Crippen LogP contribution < -0.4 is 69.5 Å². The average molecular weight is 594 g/mol. The molecule has 0 saturated carbocycles. The number of carbonyl (C=O) groups excluding carboxylic acids is 3. The number of fused-ring (bicyclic) bond motifs is 1. The van der Waals surface area contributed by atoms with Crippen LogP contribution in [0.4, 0.5) is 13.2 Å². The number of nitrogens with zero attached hydrogens (tertiary/aromatic N) is 3. The van der Waals surface area contributed by atoms with Gasteiger partial charge in [0, 0.05) is 11.5 Å². The monoisotopic (exact) mass is 593 g/mol. The minimum atomic E-state index is -4.61. The Balaban J connectivity index is 0.00000306. The van der Waals surface area contributed by atoms with Crippen molar-refractivity contribution in [3.63, 3.8) is 0 Å². The summed E-state index contributed by atoms with van der Waals surface area (Å²) < 4.78 is 68.9. The van der Waals surface area contributed by atoms with Gasteiger partial charge in [0.2, 0.25) is 11.1 Å². The fourth-order valence-corrected chi connectivity index (χ4v) is 6.02. The summed E-state index contributed by atoms with van der Waals surface area (Å²) in [6.07, 6.45) is 0. The molecule has 0 radical (unpaired) electrons. The molecule has 1 fully saturated rings. The number of nitrogens with one attached hydrogen (secondary N) is 2. The summed E-state index contributed by atoms with van der Waals surface area (Å²) in [6, 6.07) is -1.18. The maximum atomic E-state index is 12.4. The first-order valence-corrected chi connectivity index (χ1v) is 13.2. The third kappa shape index (κ3) is 9.08. The Morgan fingerprint density at radius 3 is 2.54 bits per heavy atom. The predicted octanol–water partition coefficient (Wildman–Crippen LogP) is -7.39. The Morgan fingerprint density at radius 1 is 1.31 bits per heavy atom. The van der Waals surface area contributed by atoms with E-state index in [9.17, 15) is 45.6 Å². The summed E-state index contributed by atoms with van der Waals surface area (Å²) in [5.41, 5.74) is -4.78. The van der Waals surface area contributed by atoms with Crippen LogP contribution in [0.25, 0.3) is 0 Å². The fraction of sp³-hybridized carbons (Fsp3) is 0.500. The topological polar surface area (TPSA) is 188 Å². The smallest absolute Gasteiger partial charge is 0.748 e. The number of hydrogen-bond donors (Lipinski definition) is 2. The maximum Gasteiger partial charge on any atom is 1.00 e. The molecule has 3 heterocycles. The van der Waals surface area contributed by atoms with Crippen LogP contribution in [0.3, 0.4) is 0 Å². The molecule has 2 aliphatic rings. The molecule has 21 heteroatoms. The van der Waals surface area contributed by atoms with Gasteiger partial charge in [0.1, 0.15) is 27.4 Å². The number of carboxylic acid groups (broad SMARTS) is 1. The van der Waals surface area contributed by atoms with Crippen molar-refractivity contribution in [2.45, 2.75) is 27.8 Å². The molecule has 1 aromatic heterocycles. The number of amides is 2. The van der Waals surface area contributed by atoms with Crippen LogP contribution in [0, 0.1) is 0 Å². The zero-order valence-electron chi connectivity index (χ0n) is 17.9. The third-order valence-corrected chi connectivity index (χ3v) is 7.76. The van der Waals surface area contributed by atoms with Crippen molar-refractivity contribution in [2.75, 3.05) is 17.3 Å². The number of halogens is 3. The van der Waals surface area contributed by atoms with E-state index in [1.54, 1.807) is 0 Å². The second-order valence-corrected chi connectivity index (χ2v) is 11.0. The molecule has 2 atom stereocenters. The van der Waals surface area contributed by atoms with Crippen molar-refractivity contribution in [3.05, 3.63) is 17.1 Å².